The van der Waals surface area contributed by atoms with E-state index in [0.29, 0.717) is 5.69 Å². The average Bonchev–Trinajstić information content (AvgIpc) is 2.16. The van der Waals surface area contributed by atoms with Crippen molar-refractivity contribution < 1.29 is 13.7 Å². The molecular weight excluding hydrogens is 230 g/mol. The first-order chi connectivity index (χ1) is 6.99. The second kappa shape index (κ2) is 4.48. The highest BCUT2D eigenvalue weighted by molar-refractivity contribution is 6.17. The second-order valence-corrected chi connectivity index (χ2v) is 3.08. The molecule has 1 heterocycles. The Hall–Kier alpha value is -1.30. The van der Waals surface area contributed by atoms with Crippen molar-refractivity contribution in [1.82, 2.24) is 4.98 Å². The first-order valence-electron chi connectivity index (χ1n) is 3.96. The Balaban J connectivity index is 3.49. The molecule has 0 N–H and O–H groups in total. The zero-order chi connectivity index (χ0) is 11.6. The van der Waals surface area contributed by atoms with Crippen molar-refractivity contribution in [3.05, 3.63) is 33.1 Å². The molecule has 0 bridgehead atoms. The third-order valence-electron chi connectivity index (χ3n) is 1.94. The monoisotopic (exact) mass is 236 g/mol. The Morgan fingerprint density at radius 2 is 2.27 bits per heavy atom. The van der Waals surface area contributed by atoms with E-state index in [1.54, 1.807) is 0 Å². The Morgan fingerprint density at radius 3 is 2.67 bits per heavy atom. The van der Waals surface area contributed by atoms with Crippen LogP contribution in [0.4, 0.5) is 14.5 Å². The predicted octanol–water partition coefficient (Wildman–Crippen LogP) is 2.97. The van der Waals surface area contributed by atoms with Crippen molar-refractivity contribution in [1.29, 1.82) is 0 Å². The smallest absolute Gasteiger partial charge is 0.260 e. The van der Waals surface area contributed by atoms with Crippen molar-refractivity contribution in [3.8, 4) is 0 Å². The van der Waals surface area contributed by atoms with Crippen LogP contribution in [-0.2, 0) is 5.88 Å². The minimum absolute atomic E-state index is 0.0412. The van der Waals surface area contributed by atoms with Crippen LogP contribution in [0.2, 0.25) is 0 Å². The van der Waals surface area contributed by atoms with E-state index in [-0.39, 0.29) is 11.4 Å². The van der Waals surface area contributed by atoms with Crippen LogP contribution in [0.25, 0.3) is 0 Å². The molecule has 15 heavy (non-hydrogen) atoms. The summed E-state index contributed by atoms with van der Waals surface area (Å²) in [4.78, 5) is 13.4. The molecular formula is C8H7ClF2N2O2. The summed E-state index contributed by atoms with van der Waals surface area (Å²) in [5.74, 6) is -0.213. The molecule has 0 fully saturated rings. The summed E-state index contributed by atoms with van der Waals surface area (Å²) in [5.41, 5.74) is -0.991. The maximum Gasteiger partial charge on any atom is 0.286 e. The van der Waals surface area contributed by atoms with Gasteiger partial charge in [-0.25, -0.2) is 8.78 Å². The molecule has 0 radical (unpaired) electrons. The van der Waals surface area contributed by atoms with Gasteiger partial charge >= 0.3 is 0 Å². The van der Waals surface area contributed by atoms with Gasteiger partial charge in [-0.3, -0.25) is 15.1 Å². The van der Waals surface area contributed by atoms with Crippen LogP contribution in [0.1, 0.15) is 23.2 Å². The number of pyridine rings is 1. The first-order valence-corrected chi connectivity index (χ1v) is 4.49. The highest BCUT2D eigenvalue weighted by Crippen LogP contribution is 2.33. The molecule has 0 amide bonds. The number of aryl methyl sites for hydroxylation is 1. The van der Waals surface area contributed by atoms with Crippen LogP contribution >= 0.6 is 11.6 Å². The van der Waals surface area contributed by atoms with Crippen LogP contribution in [0, 0.1) is 17.0 Å². The second-order valence-electron chi connectivity index (χ2n) is 2.82. The van der Waals surface area contributed by atoms with Crippen molar-refractivity contribution in [3.63, 3.8) is 0 Å². The molecule has 0 aliphatic heterocycles. The molecule has 0 saturated heterocycles. The summed E-state index contributed by atoms with van der Waals surface area (Å²) in [6.45, 7) is 1.49. The van der Waals surface area contributed by atoms with Crippen LogP contribution in [0.15, 0.2) is 6.20 Å². The number of rotatable bonds is 3. The van der Waals surface area contributed by atoms with Gasteiger partial charge in [0.2, 0.25) is 0 Å². The van der Waals surface area contributed by atoms with Crippen molar-refractivity contribution in [2.75, 3.05) is 0 Å². The van der Waals surface area contributed by atoms with E-state index < -0.39 is 22.6 Å². The van der Waals surface area contributed by atoms with Gasteiger partial charge in [-0.1, -0.05) is 0 Å². The molecule has 1 aromatic heterocycles. The lowest BCUT2D eigenvalue weighted by molar-refractivity contribution is -0.387. The fraction of sp³-hybridized carbons (Fsp3) is 0.375. The molecule has 0 unspecified atom stereocenters. The fourth-order valence-corrected chi connectivity index (χ4v) is 1.51. The summed E-state index contributed by atoms with van der Waals surface area (Å²) >= 11 is 5.47. The third-order valence-corrected chi connectivity index (χ3v) is 2.21. The highest BCUT2D eigenvalue weighted by Gasteiger charge is 2.27. The maximum absolute atomic E-state index is 12.4. The molecule has 0 atom stereocenters. The van der Waals surface area contributed by atoms with Gasteiger partial charge in [0.1, 0.15) is 5.56 Å². The number of nitrogens with zero attached hydrogens (tertiary/aromatic N) is 2. The molecule has 7 heteroatoms. The van der Waals surface area contributed by atoms with Crippen molar-refractivity contribution in [2.24, 2.45) is 0 Å². The summed E-state index contributed by atoms with van der Waals surface area (Å²) < 4.78 is 24.9. The van der Waals surface area contributed by atoms with Gasteiger partial charge in [0.05, 0.1) is 16.4 Å². The Bertz CT molecular complexity index is 398. The van der Waals surface area contributed by atoms with Crippen LogP contribution in [0.5, 0.6) is 0 Å². The molecule has 0 aromatic carbocycles. The van der Waals surface area contributed by atoms with E-state index in [1.165, 1.54) is 6.92 Å². The van der Waals surface area contributed by atoms with Crippen LogP contribution in [0.3, 0.4) is 0 Å². The molecule has 0 saturated carbocycles. The van der Waals surface area contributed by atoms with Gasteiger partial charge < -0.3 is 0 Å². The van der Waals surface area contributed by atoms with E-state index in [4.69, 9.17) is 11.6 Å². The zero-order valence-electron chi connectivity index (χ0n) is 7.71. The van der Waals surface area contributed by atoms with Gasteiger partial charge in [0.15, 0.2) is 0 Å². The molecule has 1 rings (SSSR count). The van der Waals surface area contributed by atoms with Gasteiger partial charge in [-0.05, 0) is 6.92 Å². The number of hydrogen-bond acceptors (Lipinski definition) is 3. The van der Waals surface area contributed by atoms with Gasteiger partial charge in [0.25, 0.3) is 12.1 Å². The topological polar surface area (TPSA) is 56.0 Å². The van der Waals surface area contributed by atoms with Gasteiger partial charge in [-0.2, -0.15) is 0 Å². The van der Waals surface area contributed by atoms with Crippen molar-refractivity contribution in [2.45, 2.75) is 19.2 Å². The van der Waals surface area contributed by atoms with Gasteiger partial charge in [-0.15, -0.1) is 11.6 Å². The SMILES string of the molecule is Cc1ncc(C(F)F)c([N+](=O)[O-])c1CCl. The lowest BCUT2D eigenvalue weighted by atomic mass is 10.1. The lowest BCUT2D eigenvalue weighted by Crippen LogP contribution is -2.04. The fourth-order valence-electron chi connectivity index (χ4n) is 1.19. The normalized spacial score (nSPS) is 10.7. The third kappa shape index (κ3) is 2.20. The first kappa shape index (κ1) is 11.8. The molecule has 82 valence electrons. The molecule has 0 spiro atoms. The van der Waals surface area contributed by atoms with Crippen LogP contribution < -0.4 is 0 Å². The Labute approximate surface area is 89.0 Å². The number of alkyl halides is 3. The van der Waals surface area contributed by atoms with E-state index in [2.05, 4.69) is 4.98 Å². The highest BCUT2D eigenvalue weighted by atomic mass is 35.5. The van der Waals surface area contributed by atoms with Gasteiger partial charge in [0, 0.05) is 11.9 Å². The molecule has 0 aliphatic rings. The summed E-state index contributed by atoms with van der Waals surface area (Å²) in [7, 11) is 0. The van der Waals surface area contributed by atoms with E-state index in [0.717, 1.165) is 6.20 Å². The Kier molecular flexibility index (Phi) is 3.52. The quantitative estimate of drug-likeness (QED) is 0.461. The summed E-state index contributed by atoms with van der Waals surface area (Å²) in [6, 6.07) is 0. The number of halogens is 3. The molecule has 1 aromatic rings. The maximum atomic E-state index is 12.4. The summed E-state index contributed by atoms with van der Waals surface area (Å²) in [6.07, 6.45) is -2.12. The standard InChI is InChI=1S/C8H7ClF2N2O2/c1-4-5(2-9)7(13(14)15)6(3-12-4)8(10)11/h3,8H,2H2,1H3. The summed E-state index contributed by atoms with van der Waals surface area (Å²) in [5, 5.41) is 10.6. The average molecular weight is 237 g/mol. The van der Waals surface area contributed by atoms with E-state index in [9.17, 15) is 18.9 Å². The molecule has 4 nitrogen and oxygen atoms in total. The largest absolute Gasteiger partial charge is 0.286 e. The number of nitro groups is 1. The number of aromatic nitrogens is 1. The number of hydrogen-bond donors (Lipinski definition) is 0. The predicted molar refractivity (Wildman–Crippen MR) is 50.1 cm³/mol. The van der Waals surface area contributed by atoms with Crippen LogP contribution in [-0.4, -0.2) is 9.91 Å². The zero-order valence-corrected chi connectivity index (χ0v) is 8.46. The van der Waals surface area contributed by atoms with Crippen molar-refractivity contribution >= 4 is 17.3 Å². The minimum atomic E-state index is -2.93. The minimum Gasteiger partial charge on any atom is -0.260 e. The Morgan fingerprint density at radius 1 is 1.67 bits per heavy atom. The van der Waals surface area contributed by atoms with E-state index in [1.807, 2.05) is 0 Å². The molecule has 0 aliphatic carbocycles. The van der Waals surface area contributed by atoms with E-state index >= 15 is 0 Å². The lowest BCUT2D eigenvalue weighted by Gasteiger charge is -2.06.